The van der Waals surface area contributed by atoms with Crippen LogP contribution in [0.5, 0.6) is 11.5 Å². The predicted octanol–water partition coefficient (Wildman–Crippen LogP) is 4.41. The van der Waals surface area contributed by atoms with Crippen LogP contribution in [-0.4, -0.2) is 34.7 Å². The molecule has 24 heavy (non-hydrogen) atoms. The molecule has 0 amide bonds. The standard InChI is InChI=1S/C17H16BrN3O2S/c1-22-14-7-5-12(6-8-14)16-19-17(21-20-16)24-10-9-23-15-4-2-3-13(18)11-15/h2-8,11H,9-10H2,1H3,(H,19,20,21). The van der Waals surface area contributed by atoms with Gasteiger partial charge in [0.2, 0.25) is 5.16 Å². The van der Waals surface area contributed by atoms with Crippen molar-refractivity contribution < 1.29 is 9.47 Å². The maximum absolute atomic E-state index is 5.70. The minimum absolute atomic E-state index is 0.591. The molecule has 0 saturated heterocycles. The smallest absolute Gasteiger partial charge is 0.208 e. The molecule has 3 aromatic rings. The number of hydrogen-bond acceptors (Lipinski definition) is 5. The second-order valence-corrected chi connectivity index (χ2v) is 6.83. The van der Waals surface area contributed by atoms with Gasteiger partial charge in [0.1, 0.15) is 11.5 Å². The maximum atomic E-state index is 5.70. The van der Waals surface area contributed by atoms with Gasteiger partial charge in [-0.1, -0.05) is 33.8 Å². The van der Waals surface area contributed by atoms with Crippen LogP contribution in [0.15, 0.2) is 58.2 Å². The second-order valence-electron chi connectivity index (χ2n) is 4.85. The largest absolute Gasteiger partial charge is 0.497 e. The highest BCUT2D eigenvalue weighted by atomic mass is 79.9. The molecule has 2 aromatic carbocycles. The number of nitrogens with one attached hydrogen (secondary N) is 1. The van der Waals surface area contributed by atoms with Crippen molar-refractivity contribution in [1.29, 1.82) is 0 Å². The number of thioether (sulfide) groups is 1. The number of nitrogens with zero attached hydrogens (tertiary/aromatic N) is 2. The quantitative estimate of drug-likeness (QED) is 0.465. The van der Waals surface area contributed by atoms with E-state index in [2.05, 4.69) is 31.1 Å². The highest BCUT2D eigenvalue weighted by Crippen LogP contribution is 2.22. The molecular formula is C17H16BrN3O2S. The molecule has 5 nitrogen and oxygen atoms in total. The van der Waals surface area contributed by atoms with Crippen molar-refractivity contribution in [3.8, 4) is 22.9 Å². The Morgan fingerprint density at radius 1 is 1.12 bits per heavy atom. The van der Waals surface area contributed by atoms with Crippen LogP contribution in [0.4, 0.5) is 0 Å². The summed E-state index contributed by atoms with van der Waals surface area (Å²) in [7, 11) is 1.65. The number of aromatic amines is 1. The fourth-order valence-electron chi connectivity index (χ4n) is 2.04. The number of halogens is 1. The van der Waals surface area contributed by atoms with Crippen LogP contribution in [0.3, 0.4) is 0 Å². The van der Waals surface area contributed by atoms with Crippen molar-refractivity contribution in [2.75, 3.05) is 19.5 Å². The second kappa shape index (κ2) is 8.21. The summed E-state index contributed by atoms with van der Waals surface area (Å²) in [6, 6.07) is 15.5. The van der Waals surface area contributed by atoms with Crippen molar-refractivity contribution >= 4 is 27.7 Å². The Kier molecular flexibility index (Phi) is 5.77. The van der Waals surface area contributed by atoms with E-state index in [4.69, 9.17) is 9.47 Å². The first-order valence-corrected chi connectivity index (χ1v) is 9.10. The lowest BCUT2D eigenvalue weighted by Crippen LogP contribution is -2.00. The summed E-state index contributed by atoms with van der Waals surface area (Å²) in [4.78, 5) is 4.49. The summed E-state index contributed by atoms with van der Waals surface area (Å²) in [5, 5.41) is 7.89. The zero-order valence-electron chi connectivity index (χ0n) is 13.0. The zero-order chi connectivity index (χ0) is 16.8. The molecule has 0 fully saturated rings. The lowest BCUT2D eigenvalue weighted by atomic mass is 10.2. The summed E-state index contributed by atoms with van der Waals surface area (Å²) in [6.45, 7) is 0.591. The van der Waals surface area contributed by atoms with Crippen LogP contribution in [0.2, 0.25) is 0 Å². The van der Waals surface area contributed by atoms with Crippen molar-refractivity contribution in [3.63, 3.8) is 0 Å². The van der Waals surface area contributed by atoms with Gasteiger partial charge in [-0.05, 0) is 42.5 Å². The van der Waals surface area contributed by atoms with E-state index >= 15 is 0 Å². The van der Waals surface area contributed by atoms with Gasteiger partial charge in [-0.2, -0.15) is 0 Å². The van der Waals surface area contributed by atoms with Crippen molar-refractivity contribution in [1.82, 2.24) is 15.2 Å². The number of aromatic nitrogens is 3. The molecule has 0 spiro atoms. The molecule has 0 atom stereocenters. The topological polar surface area (TPSA) is 60.0 Å². The minimum Gasteiger partial charge on any atom is -0.497 e. The molecule has 3 rings (SSSR count). The van der Waals surface area contributed by atoms with Gasteiger partial charge in [-0.3, -0.25) is 5.10 Å². The third-order valence-electron chi connectivity index (χ3n) is 3.21. The maximum Gasteiger partial charge on any atom is 0.208 e. The van der Waals surface area contributed by atoms with E-state index in [0.717, 1.165) is 33.1 Å². The van der Waals surface area contributed by atoms with Gasteiger partial charge in [-0.15, -0.1) is 5.10 Å². The lowest BCUT2D eigenvalue weighted by molar-refractivity contribution is 0.343. The highest BCUT2D eigenvalue weighted by Gasteiger charge is 2.06. The number of hydrogen-bond donors (Lipinski definition) is 1. The number of H-pyrrole nitrogens is 1. The fourth-order valence-corrected chi connectivity index (χ4v) is 3.03. The van der Waals surface area contributed by atoms with Gasteiger partial charge >= 0.3 is 0 Å². The van der Waals surface area contributed by atoms with E-state index in [1.165, 1.54) is 0 Å². The van der Waals surface area contributed by atoms with E-state index < -0.39 is 0 Å². The van der Waals surface area contributed by atoms with Crippen LogP contribution in [0.1, 0.15) is 0 Å². The summed E-state index contributed by atoms with van der Waals surface area (Å²) < 4.78 is 11.9. The van der Waals surface area contributed by atoms with E-state index in [0.29, 0.717) is 11.8 Å². The van der Waals surface area contributed by atoms with Gasteiger partial charge in [0.25, 0.3) is 0 Å². The SMILES string of the molecule is COc1ccc(-c2nc(SCCOc3cccc(Br)c3)n[nH]2)cc1. The molecule has 124 valence electrons. The van der Waals surface area contributed by atoms with Gasteiger partial charge in [-0.25, -0.2) is 4.98 Å². The van der Waals surface area contributed by atoms with Crippen LogP contribution in [0.25, 0.3) is 11.4 Å². The first-order chi connectivity index (χ1) is 11.7. The molecule has 0 saturated carbocycles. The fraction of sp³-hybridized carbons (Fsp3) is 0.176. The number of methoxy groups -OCH3 is 1. The normalized spacial score (nSPS) is 10.6. The molecule has 0 radical (unpaired) electrons. The molecule has 0 bridgehead atoms. The molecule has 1 heterocycles. The molecule has 0 aliphatic rings. The van der Waals surface area contributed by atoms with Crippen LogP contribution < -0.4 is 9.47 Å². The molecule has 0 aliphatic carbocycles. The molecule has 7 heteroatoms. The Hall–Kier alpha value is -1.99. The molecular weight excluding hydrogens is 390 g/mol. The molecule has 0 aliphatic heterocycles. The Labute approximate surface area is 152 Å². The molecule has 0 unspecified atom stereocenters. The van der Waals surface area contributed by atoms with Crippen LogP contribution in [0, 0.1) is 0 Å². The van der Waals surface area contributed by atoms with Gasteiger partial charge in [0.05, 0.1) is 13.7 Å². The van der Waals surface area contributed by atoms with Crippen LogP contribution in [-0.2, 0) is 0 Å². The van der Waals surface area contributed by atoms with E-state index in [9.17, 15) is 0 Å². The van der Waals surface area contributed by atoms with E-state index in [-0.39, 0.29) is 0 Å². The van der Waals surface area contributed by atoms with E-state index in [1.54, 1.807) is 18.9 Å². The van der Waals surface area contributed by atoms with Crippen molar-refractivity contribution in [2.45, 2.75) is 5.16 Å². The predicted molar refractivity (Wildman–Crippen MR) is 98.7 cm³/mol. The third-order valence-corrected chi connectivity index (χ3v) is 4.51. The monoisotopic (exact) mass is 405 g/mol. The van der Waals surface area contributed by atoms with E-state index in [1.807, 2.05) is 48.5 Å². The highest BCUT2D eigenvalue weighted by molar-refractivity contribution is 9.10. The Balaban J connectivity index is 1.50. The summed E-state index contributed by atoms with van der Waals surface area (Å²) in [5.41, 5.74) is 0.973. The number of rotatable bonds is 7. The Morgan fingerprint density at radius 2 is 1.96 bits per heavy atom. The third kappa shape index (κ3) is 4.52. The summed E-state index contributed by atoms with van der Waals surface area (Å²) >= 11 is 4.98. The van der Waals surface area contributed by atoms with Gasteiger partial charge in [0.15, 0.2) is 5.82 Å². The first kappa shape index (κ1) is 16.9. The van der Waals surface area contributed by atoms with Gasteiger partial charge < -0.3 is 9.47 Å². The molecule has 1 aromatic heterocycles. The van der Waals surface area contributed by atoms with Crippen LogP contribution >= 0.6 is 27.7 Å². The lowest BCUT2D eigenvalue weighted by Gasteiger charge is -2.04. The minimum atomic E-state index is 0.591. The van der Waals surface area contributed by atoms with Crippen molar-refractivity contribution in [2.24, 2.45) is 0 Å². The Bertz CT molecular complexity index is 793. The summed E-state index contributed by atoms with van der Waals surface area (Å²) in [6.07, 6.45) is 0. The summed E-state index contributed by atoms with van der Waals surface area (Å²) in [5.74, 6) is 3.18. The first-order valence-electron chi connectivity index (χ1n) is 7.32. The van der Waals surface area contributed by atoms with Gasteiger partial charge in [0, 0.05) is 15.8 Å². The Morgan fingerprint density at radius 3 is 2.71 bits per heavy atom. The number of benzene rings is 2. The zero-order valence-corrected chi connectivity index (χ0v) is 15.4. The average Bonchev–Trinajstić information content (AvgIpc) is 3.08. The molecule has 1 N–H and O–H groups in total. The average molecular weight is 406 g/mol. The van der Waals surface area contributed by atoms with Crippen molar-refractivity contribution in [3.05, 3.63) is 53.0 Å². The number of ether oxygens (including phenoxy) is 2.